The monoisotopic (exact) mass is 519 g/mol. The first kappa shape index (κ1) is 29.1. The minimum absolute atomic E-state index is 0.0537. The molecular formula is C33H46NO2P. The van der Waals surface area contributed by atoms with Gasteiger partial charge in [-0.3, -0.25) is 0 Å². The fraction of sp³-hybridized carbons (Fsp3) is 0.424. The maximum atomic E-state index is 12.7. The summed E-state index contributed by atoms with van der Waals surface area (Å²) in [4.78, 5) is 12.7. The molecule has 3 nitrogen and oxygen atoms in total. The summed E-state index contributed by atoms with van der Waals surface area (Å²) in [6, 6.07) is 31.1. The van der Waals surface area contributed by atoms with Crippen molar-refractivity contribution in [2.75, 3.05) is 26.4 Å². The number of carbonyl (C=O) groups excluding carboxylic acids is 1. The molecule has 0 radical (unpaired) electrons. The SMILES string of the molecule is COCC(C)(C)Cc1cccc([PH](CCNC(=O)CCC(C)(C)C)(c2ccccc2)c2ccccc2)c1. The van der Waals surface area contributed by atoms with E-state index in [1.807, 2.05) is 0 Å². The standard InChI is InChI=1S/C33H46NO2P/c1-32(2,3)21-20-31(35)34-22-23-37(28-15-9-7-10-16-28,29-17-11-8-12-18-29)30-19-13-14-27(24-30)25-33(4,5)26-36-6/h7-19,24,37H,20-23,25-26H2,1-6H3,(H,34,35). The zero-order chi connectivity index (χ0) is 26.9. The number of hydrogen-bond acceptors (Lipinski definition) is 2. The zero-order valence-electron chi connectivity index (χ0n) is 23.6. The van der Waals surface area contributed by atoms with Crippen molar-refractivity contribution in [3.63, 3.8) is 0 Å². The Hall–Kier alpha value is -2.48. The van der Waals surface area contributed by atoms with Gasteiger partial charge in [-0.05, 0) is 0 Å². The van der Waals surface area contributed by atoms with Gasteiger partial charge >= 0.3 is 226 Å². The Morgan fingerprint density at radius 1 is 0.811 bits per heavy atom. The number of nitrogens with one attached hydrogen (secondary N) is 1. The molecule has 0 unspecified atom stereocenters. The van der Waals surface area contributed by atoms with Crippen molar-refractivity contribution in [3.8, 4) is 0 Å². The molecule has 0 atom stereocenters. The molecule has 0 aliphatic heterocycles. The van der Waals surface area contributed by atoms with Crippen LogP contribution in [0.15, 0.2) is 84.9 Å². The molecule has 200 valence electrons. The van der Waals surface area contributed by atoms with E-state index < -0.39 is 7.26 Å². The fourth-order valence-corrected chi connectivity index (χ4v) is 9.99. The molecule has 0 aliphatic carbocycles. The van der Waals surface area contributed by atoms with E-state index in [9.17, 15) is 4.79 Å². The van der Waals surface area contributed by atoms with Gasteiger partial charge in [0.1, 0.15) is 0 Å². The van der Waals surface area contributed by atoms with Crippen LogP contribution in [0.5, 0.6) is 0 Å². The van der Waals surface area contributed by atoms with E-state index >= 15 is 0 Å². The number of ether oxygens (including phenoxy) is 1. The van der Waals surface area contributed by atoms with Crippen LogP contribution in [0.2, 0.25) is 0 Å². The Morgan fingerprint density at radius 3 is 1.92 bits per heavy atom. The number of carbonyl (C=O) groups is 1. The van der Waals surface area contributed by atoms with E-state index in [2.05, 4.69) is 125 Å². The van der Waals surface area contributed by atoms with Gasteiger partial charge in [0.25, 0.3) is 0 Å². The van der Waals surface area contributed by atoms with Gasteiger partial charge in [-0.2, -0.15) is 0 Å². The first-order valence-corrected chi connectivity index (χ1v) is 15.7. The molecule has 3 aromatic carbocycles. The number of hydrogen-bond donors (Lipinski definition) is 1. The summed E-state index contributed by atoms with van der Waals surface area (Å²) in [6.07, 6.45) is 3.32. The Bertz CT molecular complexity index is 1080. The topological polar surface area (TPSA) is 38.3 Å². The average Bonchev–Trinajstić information content (AvgIpc) is 2.86. The Morgan fingerprint density at radius 2 is 1.38 bits per heavy atom. The molecule has 0 aliphatic rings. The quantitative estimate of drug-likeness (QED) is 0.304. The third-order valence-electron chi connectivity index (χ3n) is 7.09. The average molecular weight is 520 g/mol. The fourth-order valence-electron chi connectivity index (χ4n) is 5.29. The van der Waals surface area contributed by atoms with Gasteiger partial charge in [0.15, 0.2) is 0 Å². The number of benzene rings is 3. The van der Waals surface area contributed by atoms with E-state index in [4.69, 9.17) is 4.74 Å². The third kappa shape index (κ3) is 8.25. The second-order valence-electron chi connectivity index (χ2n) is 12.3. The van der Waals surface area contributed by atoms with Crippen LogP contribution in [0.1, 0.15) is 53.0 Å². The van der Waals surface area contributed by atoms with Gasteiger partial charge in [0, 0.05) is 0 Å². The van der Waals surface area contributed by atoms with E-state index in [1.165, 1.54) is 21.5 Å². The molecule has 3 rings (SSSR count). The van der Waals surface area contributed by atoms with Crippen LogP contribution in [0.3, 0.4) is 0 Å². The van der Waals surface area contributed by atoms with Crippen molar-refractivity contribution in [2.24, 2.45) is 10.8 Å². The van der Waals surface area contributed by atoms with Gasteiger partial charge in [0.2, 0.25) is 0 Å². The van der Waals surface area contributed by atoms with Gasteiger partial charge in [-0.1, -0.05) is 0 Å². The summed E-state index contributed by atoms with van der Waals surface area (Å²) in [5.41, 5.74) is 1.54. The van der Waals surface area contributed by atoms with Crippen LogP contribution in [-0.4, -0.2) is 32.3 Å². The first-order chi connectivity index (χ1) is 17.6. The van der Waals surface area contributed by atoms with Crippen molar-refractivity contribution in [2.45, 2.75) is 53.9 Å². The first-order valence-electron chi connectivity index (χ1n) is 13.5. The van der Waals surface area contributed by atoms with E-state index in [0.717, 1.165) is 25.6 Å². The minimum atomic E-state index is -2.42. The predicted molar refractivity (Wildman–Crippen MR) is 162 cm³/mol. The van der Waals surface area contributed by atoms with Gasteiger partial charge in [-0.15, -0.1) is 0 Å². The molecule has 0 aromatic heterocycles. The molecule has 0 saturated carbocycles. The number of rotatable bonds is 12. The summed E-state index contributed by atoms with van der Waals surface area (Å²) in [5.74, 6) is 0.147. The van der Waals surface area contributed by atoms with Crippen molar-refractivity contribution in [1.82, 2.24) is 5.32 Å². The second kappa shape index (κ2) is 12.9. The summed E-state index contributed by atoms with van der Waals surface area (Å²) in [7, 11) is -0.647. The molecule has 37 heavy (non-hydrogen) atoms. The molecule has 1 amide bonds. The summed E-state index contributed by atoms with van der Waals surface area (Å²) in [5, 5.41) is 7.40. The molecule has 4 heteroatoms. The van der Waals surface area contributed by atoms with Gasteiger partial charge < -0.3 is 0 Å². The van der Waals surface area contributed by atoms with Crippen LogP contribution in [0, 0.1) is 10.8 Å². The zero-order valence-corrected chi connectivity index (χ0v) is 24.6. The Labute approximate surface area is 225 Å². The van der Waals surface area contributed by atoms with Gasteiger partial charge in [0.05, 0.1) is 0 Å². The van der Waals surface area contributed by atoms with Crippen LogP contribution < -0.4 is 21.2 Å². The van der Waals surface area contributed by atoms with Crippen molar-refractivity contribution in [3.05, 3.63) is 90.5 Å². The van der Waals surface area contributed by atoms with E-state index in [1.54, 1.807) is 7.11 Å². The molecule has 0 heterocycles. The summed E-state index contributed by atoms with van der Waals surface area (Å²) >= 11 is 0. The van der Waals surface area contributed by atoms with E-state index in [0.29, 0.717) is 13.0 Å². The maximum absolute atomic E-state index is 12.7. The predicted octanol–water partition coefficient (Wildman–Crippen LogP) is 5.87. The van der Waals surface area contributed by atoms with Crippen LogP contribution >= 0.6 is 7.26 Å². The summed E-state index contributed by atoms with van der Waals surface area (Å²) < 4.78 is 5.50. The van der Waals surface area contributed by atoms with E-state index in [-0.39, 0.29) is 16.7 Å². The molecule has 0 spiro atoms. The van der Waals surface area contributed by atoms with Crippen molar-refractivity contribution in [1.29, 1.82) is 0 Å². The molecular weight excluding hydrogens is 473 g/mol. The third-order valence-corrected chi connectivity index (χ3v) is 12.0. The molecule has 3 aromatic rings. The Kier molecular flexibility index (Phi) is 10.1. The van der Waals surface area contributed by atoms with Crippen LogP contribution in [-0.2, 0) is 16.0 Å². The van der Waals surface area contributed by atoms with Crippen LogP contribution in [0.25, 0.3) is 0 Å². The summed E-state index contributed by atoms with van der Waals surface area (Å²) in [6.45, 7) is 12.5. The number of methoxy groups -OCH3 is 1. The Balaban J connectivity index is 2.02. The number of amides is 1. The molecule has 0 saturated heterocycles. The second-order valence-corrected chi connectivity index (χ2v) is 16.3. The van der Waals surface area contributed by atoms with Crippen LogP contribution in [0.4, 0.5) is 0 Å². The molecule has 0 bridgehead atoms. The molecule has 0 fully saturated rings. The normalized spacial score (nSPS) is 12.8. The molecule has 1 N–H and O–H groups in total. The van der Waals surface area contributed by atoms with Crippen molar-refractivity contribution >= 4 is 29.1 Å². The van der Waals surface area contributed by atoms with Crippen molar-refractivity contribution < 1.29 is 9.53 Å². The van der Waals surface area contributed by atoms with Gasteiger partial charge in [-0.25, -0.2) is 0 Å².